The first-order valence-corrected chi connectivity index (χ1v) is 11.7. The highest BCUT2D eigenvalue weighted by Gasteiger charge is 2.44. The monoisotopic (exact) mass is 438 g/mol. The number of sulfonamides is 1. The van der Waals surface area contributed by atoms with Crippen LogP contribution in [-0.2, 0) is 14.8 Å². The van der Waals surface area contributed by atoms with Gasteiger partial charge >= 0.3 is 6.18 Å². The second kappa shape index (κ2) is 7.95. The van der Waals surface area contributed by atoms with Crippen LogP contribution in [0.15, 0.2) is 11.0 Å². The first kappa shape index (κ1) is 21.6. The quantitative estimate of drug-likeness (QED) is 0.725. The third-order valence-electron chi connectivity index (χ3n) is 5.65. The standard InChI is InChI=1S/C18H25F3N2O3S2/c1-12-10-16(13(2)27-12)28(25,26)23-8-6-22(7-9-23)17(24)14-4-3-5-15(11-14)18(19,20)21/h10,14-15H,3-9,11H2,1-2H3. The zero-order valence-electron chi connectivity index (χ0n) is 16.0. The molecule has 0 N–H and O–H groups in total. The Hall–Kier alpha value is -1.13. The van der Waals surface area contributed by atoms with E-state index in [2.05, 4.69) is 0 Å². The number of carbonyl (C=O) groups excluding carboxylic acids is 1. The number of thiophene rings is 1. The highest BCUT2D eigenvalue weighted by Crippen LogP contribution is 2.40. The highest BCUT2D eigenvalue weighted by atomic mass is 32.2. The van der Waals surface area contributed by atoms with Crippen LogP contribution in [0.2, 0.25) is 0 Å². The normalized spacial score (nSPS) is 25.1. The molecule has 2 unspecified atom stereocenters. The molecule has 2 fully saturated rings. The number of rotatable bonds is 3. The van der Waals surface area contributed by atoms with E-state index in [1.54, 1.807) is 13.0 Å². The maximum absolute atomic E-state index is 13.0. The van der Waals surface area contributed by atoms with E-state index in [9.17, 15) is 26.4 Å². The first-order chi connectivity index (χ1) is 13.0. The summed E-state index contributed by atoms with van der Waals surface area (Å²) in [5, 5.41) is 0. The number of hydrogen-bond acceptors (Lipinski definition) is 4. The zero-order chi connectivity index (χ0) is 20.7. The minimum atomic E-state index is -4.26. The molecular formula is C18H25F3N2O3S2. The molecule has 1 saturated heterocycles. The van der Waals surface area contributed by atoms with Gasteiger partial charge in [0.1, 0.15) is 0 Å². The summed E-state index contributed by atoms with van der Waals surface area (Å²) in [6.45, 7) is 4.38. The van der Waals surface area contributed by atoms with Crippen molar-refractivity contribution in [3.8, 4) is 0 Å². The Morgan fingerprint density at radius 1 is 1.14 bits per heavy atom. The lowest BCUT2D eigenvalue weighted by atomic mass is 9.80. The van der Waals surface area contributed by atoms with Gasteiger partial charge in [0, 0.05) is 41.9 Å². The fourth-order valence-corrected chi connectivity index (χ4v) is 7.07. The van der Waals surface area contributed by atoms with Crippen molar-refractivity contribution >= 4 is 27.3 Å². The van der Waals surface area contributed by atoms with Crippen molar-refractivity contribution in [1.82, 2.24) is 9.21 Å². The summed E-state index contributed by atoms with van der Waals surface area (Å²) >= 11 is 1.42. The van der Waals surface area contributed by atoms with Crippen molar-refractivity contribution in [2.24, 2.45) is 11.8 Å². The number of amides is 1. The molecule has 3 rings (SSSR count). The summed E-state index contributed by atoms with van der Waals surface area (Å²) in [7, 11) is -3.62. The molecule has 1 aromatic heterocycles. The molecule has 10 heteroatoms. The van der Waals surface area contributed by atoms with Crippen molar-refractivity contribution in [2.45, 2.75) is 50.6 Å². The Kier molecular flexibility index (Phi) is 6.12. The van der Waals surface area contributed by atoms with Crippen LogP contribution in [-0.4, -0.2) is 55.9 Å². The molecule has 1 amide bonds. The summed E-state index contributed by atoms with van der Waals surface area (Å²) in [5.74, 6) is -2.31. The van der Waals surface area contributed by atoms with Crippen molar-refractivity contribution in [3.05, 3.63) is 15.8 Å². The SMILES string of the molecule is Cc1cc(S(=O)(=O)N2CCN(C(=O)C3CCCC(C(F)(F)F)C3)CC2)c(C)s1. The predicted octanol–water partition coefficient (Wildman–Crippen LogP) is 3.57. The molecular weight excluding hydrogens is 413 g/mol. The summed E-state index contributed by atoms with van der Waals surface area (Å²) in [5.41, 5.74) is 0. The zero-order valence-corrected chi connectivity index (χ0v) is 17.6. The topological polar surface area (TPSA) is 57.7 Å². The highest BCUT2D eigenvalue weighted by molar-refractivity contribution is 7.89. The smallest absolute Gasteiger partial charge is 0.340 e. The van der Waals surface area contributed by atoms with Crippen LogP contribution < -0.4 is 0 Å². The van der Waals surface area contributed by atoms with Gasteiger partial charge in [0.2, 0.25) is 15.9 Å². The molecule has 0 radical (unpaired) electrons. The van der Waals surface area contributed by atoms with Crippen LogP contribution in [0.4, 0.5) is 13.2 Å². The van der Waals surface area contributed by atoms with E-state index in [0.717, 1.165) is 9.75 Å². The molecule has 1 aliphatic heterocycles. The number of aryl methyl sites for hydroxylation is 2. The Bertz CT molecular complexity index is 828. The summed E-state index contributed by atoms with van der Waals surface area (Å²) in [6, 6.07) is 1.66. The third kappa shape index (κ3) is 4.38. The Morgan fingerprint density at radius 2 is 1.79 bits per heavy atom. The van der Waals surface area contributed by atoms with Gasteiger partial charge in [-0.25, -0.2) is 8.42 Å². The lowest BCUT2D eigenvalue weighted by Crippen LogP contribution is -2.52. The van der Waals surface area contributed by atoms with Crippen molar-refractivity contribution in [3.63, 3.8) is 0 Å². The minimum Gasteiger partial charge on any atom is -0.340 e. The van der Waals surface area contributed by atoms with Crippen LogP contribution >= 0.6 is 11.3 Å². The minimum absolute atomic E-state index is 0.0821. The van der Waals surface area contributed by atoms with Gasteiger partial charge in [-0.05, 0) is 39.2 Å². The van der Waals surface area contributed by atoms with E-state index in [1.165, 1.54) is 20.5 Å². The van der Waals surface area contributed by atoms with Crippen LogP contribution in [0.3, 0.4) is 0 Å². The van der Waals surface area contributed by atoms with Gasteiger partial charge in [0.25, 0.3) is 0 Å². The largest absolute Gasteiger partial charge is 0.391 e. The van der Waals surface area contributed by atoms with E-state index in [4.69, 9.17) is 0 Å². The molecule has 2 aliphatic rings. The average Bonchev–Trinajstić information content (AvgIpc) is 2.99. The lowest BCUT2D eigenvalue weighted by Gasteiger charge is -2.37. The molecule has 1 aliphatic carbocycles. The van der Waals surface area contributed by atoms with Gasteiger partial charge in [-0.1, -0.05) is 6.42 Å². The Balaban J connectivity index is 1.62. The molecule has 0 aromatic carbocycles. The number of nitrogens with zero attached hydrogens (tertiary/aromatic N) is 2. The van der Waals surface area contributed by atoms with Gasteiger partial charge in [-0.15, -0.1) is 11.3 Å². The number of carbonyl (C=O) groups is 1. The van der Waals surface area contributed by atoms with E-state index in [1.807, 2.05) is 6.92 Å². The second-order valence-electron chi connectivity index (χ2n) is 7.61. The fraction of sp³-hybridized carbons (Fsp3) is 0.722. The number of alkyl halides is 3. The summed E-state index contributed by atoms with van der Waals surface area (Å²) in [6.07, 6.45) is -3.47. The van der Waals surface area contributed by atoms with Crippen molar-refractivity contribution in [2.75, 3.05) is 26.2 Å². The van der Waals surface area contributed by atoms with Gasteiger partial charge < -0.3 is 4.90 Å². The van der Waals surface area contributed by atoms with Gasteiger partial charge in [0.05, 0.1) is 10.8 Å². The van der Waals surface area contributed by atoms with E-state index >= 15 is 0 Å². The maximum atomic E-state index is 13.0. The van der Waals surface area contributed by atoms with Crippen LogP contribution in [0.5, 0.6) is 0 Å². The lowest BCUT2D eigenvalue weighted by molar-refractivity contribution is -0.187. The average molecular weight is 439 g/mol. The van der Waals surface area contributed by atoms with Crippen LogP contribution in [0, 0.1) is 25.7 Å². The number of halogens is 3. The molecule has 158 valence electrons. The van der Waals surface area contributed by atoms with E-state index in [-0.39, 0.29) is 44.9 Å². The van der Waals surface area contributed by atoms with Gasteiger partial charge in [-0.2, -0.15) is 17.5 Å². The van der Waals surface area contributed by atoms with Crippen molar-refractivity contribution < 1.29 is 26.4 Å². The van der Waals surface area contributed by atoms with Gasteiger partial charge in [0.15, 0.2) is 0 Å². The molecule has 2 atom stereocenters. The second-order valence-corrected chi connectivity index (χ2v) is 11.0. The molecule has 0 spiro atoms. The number of piperazine rings is 1. The predicted molar refractivity (Wildman–Crippen MR) is 101 cm³/mol. The summed E-state index contributed by atoms with van der Waals surface area (Å²) < 4.78 is 66.1. The van der Waals surface area contributed by atoms with Gasteiger partial charge in [-0.3, -0.25) is 4.79 Å². The van der Waals surface area contributed by atoms with E-state index < -0.39 is 28.0 Å². The number of hydrogen-bond donors (Lipinski definition) is 0. The molecule has 2 heterocycles. The Labute approximate surface area is 167 Å². The third-order valence-corrected chi connectivity index (χ3v) is 8.77. The molecule has 1 saturated carbocycles. The molecule has 0 bridgehead atoms. The van der Waals surface area contributed by atoms with Crippen molar-refractivity contribution in [1.29, 1.82) is 0 Å². The first-order valence-electron chi connectivity index (χ1n) is 9.43. The Morgan fingerprint density at radius 3 is 2.32 bits per heavy atom. The van der Waals surface area contributed by atoms with E-state index in [0.29, 0.717) is 17.7 Å². The molecule has 1 aromatic rings. The van der Waals surface area contributed by atoms with Crippen LogP contribution in [0.25, 0.3) is 0 Å². The molecule has 28 heavy (non-hydrogen) atoms. The maximum Gasteiger partial charge on any atom is 0.391 e. The fourth-order valence-electron chi connectivity index (χ4n) is 4.12. The summed E-state index contributed by atoms with van der Waals surface area (Å²) in [4.78, 5) is 16.2. The molecule has 5 nitrogen and oxygen atoms in total. The van der Waals surface area contributed by atoms with Crippen LogP contribution in [0.1, 0.15) is 35.4 Å².